The number of hydrogen-bond donors (Lipinski definition) is 2. The molecular weight excluding hydrogens is 302 g/mol. The van der Waals surface area contributed by atoms with Crippen LogP contribution in [0.4, 0.5) is 9.59 Å². The first-order valence-electron chi connectivity index (χ1n) is 6.82. The SMILES string of the molecule is COc1ccc(C2=C3CC(=C4C(=O)NC(=O)N34)N2C(=O)O)cc1. The minimum atomic E-state index is -1.19. The van der Waals surface area contributed by atoms with Crippen molar-refractivity contribution in [1.29, 1.82) is 0 Å². The summed E-state index contributed by atoms with van der Waals surface area (Å²) in [6, 6.07) is 6.30. The average molecular weight is 313 g/mol. The summed E-state index contributed by atoms with van der Waals surface area (Å²) in [5, 5.41) is 11.7. The smallest absolute Gasteiger partial charge is 0.416 e. The summed E-state index contributed by atoms with van der Waals surface area (Å²) >= 11 is 0. The Kier molecular flexibility index (Phi) is 2.53. The lowest BCUT2D eigenvalue weighted by Gasteiger charge is -2.25. The van der Waals surface area contributed by atoms with Crippen LogP contribution in [0.15, 0.2) is 41.4 Å². The molecule has 23 heavy (non-hydrogen) atoms. The van der Waals surface area contributed by atoms with Crippen molar-refractivity contribution >= 4 is 23.7 Å². The molecule has 0 aliphatic carbocycles. The zero-order chi connectivity index (χ0) is 16.3. The van der Waals surface area contributed by atoms with Crippen LogP contribution >= 0.6 is 0 Å². The molecule has 0 saturated carbocycles. The molecule has 8 heteroatoms. The number of carbonyl (C=O) groups is 3. The highest BCUT2D eigenvalue weighted by molar-refractivity contribution is 6.16. The van der Waals surface area contributed by atoms with Gasteiger partial charge in [-0.05, 0) is 24.3 Å². The molecule has 1 saturated heterocycles. The number of nitrogens with zero attached hydrogens (tertiary/aromatic N) is 2. The van der Waals surface area contributed by atoms with Crippen LogP contribution in [0.3, 0.4) is 0 Å². The van der Waals surface area contributed by atoms with Crippen LogP contribution in [0.2, 0.25) is 0 Å². The molecule has 0 atom stereocenters. The number of hydrogen-bond acceptors (Lipinski definition) is 4. The van der Waals surface area contributed by atoms with Gasteiger partial charge in [-0.1, -0.05) is 0 Å². The molecule has 1 aromatic rings. The minimum Gasteiger partial charge on any atom is -0.497 e. The van der Waals surface area contributed by atoms with Crippen LogP contribution in [0, 0.1) is 0 Å². The zero-order valence-electron chi connectivity index (χ0n) is 12.0. The highest BCUT2D eigenvalue weighted by Gasteiger charge is 2.52. The number of urea groups is 1. The van der Waals surface area contributed by atoms with Crippen molar-refractivity contribution in [3.8, 4) is 5.75 Å². The van der Waals surface area contributed by atoms with Gasteiger partial charge in [0.1, 0.15) is 11.4 Å². The first-order chi connectivity index (χ1) is 11.0. The Morgan fingerprint density at radius 2 is 1.87 bits per heavy atom. The van der Waals surface area contributed by atoms with Crippen LogP contribution < -0.4 is 10.1 Å². The van der Waals surface area contributed by atoms with Crippen molar-refractivity contribution in [3.63, 3.8) is 0 Å². The van der Waals surface area contributed by atoms with E-state index in [9.17, 15) is 19.5 Å². The molecule has 4 rings (SSSR count). The number of rotatable bonds is 2. The van der Waals surface area contributed by atoms with Crippen molar-refractivity contribution in [2.45, 2.75) is 6.42 Å². The second-order valence-corrected chi connectivity index (χ2v) is 5.21. The van der Waals surface area contributed by atoms with Crippen LogP contribution in [0.25, 0.3) is 5.70 Å². The Bertz CT molecular complexity index is 837. The lowest BCUT2D eigenvalue weighted by Crippen LogP contribution is -2.31. The molecule has 116 valence electrons. The molecule has 1 aromatic carbocycles. The van der Waals surface area contributed by atoms with Crippen LogP contribution in [0.5, 0.6) is 5.75 Å². The van der Waals surface area contributed by atoms with Gasteiger partial charge in [0, 0.05) is 12.0 Å². The van der Waals surface area contributed by atoms with Gasteiger partial charge in [-0.3, -0.25) is 15.0 Å². The van der Waals surface area contributed by atoms with E-state index in [1.807, 2.05) is 0 Å². The van der Waals surface area contributed by atoms with Gasteiger partial charge < -0.3 is 9.84 Å². The molecule has 2 bridgehead atoms. The maximum atomic E-state index is 11.9. The molecule has 1 fully saturated rings. The maximum Gasteiger partial charge on any atom is 0.416 e. The predicted molar refractivity (Wildman–Crippen MR) is 76.8 cm³/mol. The number of amides is 4. The third-order valence-electron chi connectivity index (χ3n) is 4.06. The number of benzene rings is 1. The Morgan fingerprint density at radius 1 is 1.17 bits per heavy atom. The fraction of sp³-hybridized carbons (Fsp3) is 0.133. The van der Waals surface area contributed by atoms with Crippen molar-refractivity contribution in [1.82, 2.24) is 15.1 Å². The largest absolute Gasteiger partial charge is 0.497 e. The van der Waals surface area contributed by atoms with Gasteiger partial charge >= 0.3 is 12.1 Å². The third kappa shape index (κ3) is 1.62. The summed E-state index contributed by atoms with van der Waals surface area (Å²) in [6.07, 6.45) is -0.956. The summed E-state index contributed by atoms with van der Waals surface area (Å²) in [5.74, 6) is 0.0680. The Morgan fingerprint density at radius 3 is 2.48 bits per heavy atom. The van der Waals surface area contributed by atoms with Crippen molar-refractivity contribution in [3.05, 3.63) is 46.9 Å². The standard InChI is InChI=1S/C15H11N3O5/c1-23-8-4-2-7(3-5-8)11-9-6-10(18(11)15(21)22)12-13(19)16-14(20)17(9)12/h2-5H,6H2,1H3,(H,21,22)(H,16,19,20). The summed E-state index contributed by atoms with van der Waals surface area (Å²) in [7, 11) is 1.54. The number of carbonyl (C=O) groups excluding carboxylic acids is 2. The predicted octanol–water partition coefficient (Wildman–Crippen LogP) is 1.52. The zero-order valence-corrected chi connectivity index (χ0v) is 12.0. The third-order valence-corrected chi connectivity index (χ3v) is 4.06. The summed E-state index contributed by atoms with van der Waals surface area (Å²) in [4.78, 5) is 37.8. The maximum absolute atomic E-state index is 11.9. The van der Waals surface area contributed by atoms with Crippen LogP contribution in [0.1, 0.15) is 12.0 Å². The second kappa shape index (κ2) is 4.35. The van der Waals surface area contributed by atoms with Gasteiger partial charge in [0.25, 0.3) is 5.91 Å². The van der Waals surface area contributed by atoms with Crippen LogP contribution in [-0.4, -0.2) is 40.0 Å². The molecule has 3 heterocycles. The molecule has 3 aliphatic rings. The quantitative estimate of drug-likeness (QED) is 0.807. The summed E-state index contributed by atoms with van der Waals surface area (Å²) in [5.41, 5.74) is 1.92. The minimum absolute atomic E-state index is 0.102. The number of methoxy groups -OCH3 is 1. The van der Waals surface area contributed by atoms with Crippen LogP contribution in [-0.2, 0) is 4.79 Å². The number of nitrogens with one attached hydrogen (secondary N) is 1. The molecule has 4 amide bonds. The number of carboxylic acid groups (broad SMARTS) is 1. The highest BCUT2D eigenvalue weighted by atomic mass is 16.5. The van der Waals surface area contributed by atoms with Crippen molar-refractivity contribution in [2.24, 2.45) is 0 Å². The molecule has 2 N–H and O–H groups in total. The topological polar surface area (TPSA) is 99.2 Å². The average Bonchev–Trinajstić information content (AvgIpc) is 3.18. The molecule has 8 nitrogen and oxygen atoms in total. The second-order valence-electron chi connectivity index (χ2n) is 5.21. The Labute approximate surface area is 130 Å². The molecule has 0 unspecified atom stereocenters. The first kappa shape index (κ1) is 13.4. The van der Waals surface area contributed by atoms with Crippen molar-refractivity contribution < 1.29 is 24.2 Å². The van der Waals surface area contributed by atoms with Gasteiger partial charge in [0.05, 0.1) is 24.2 Å². The van der Waals surface area contributed by atoms with Gasteiger partial charge in [-0.2, -0.15) is 0 Å². The van der Waals surface area contributed by atoms with E-state index in [0.29, 0.717) is 28.4 Å². The summed E-state index contributed by atoms with van der Waals surface area (Å²) < 4.78 is 5.09. The Hall–Kier alpha value is -3.29. The number of imide groups is 1. The van der Waals surface area contributed by atoms with E-state index >= 15 is 0 Å². The number of fused-ring (bicyclic) bond motifs is 4. The fourth-order valence-corrected chi connectivity index (χ4v) is 3.15. The molecule has 0 aromatic heterocycles. The van der Waals surface area contributed by atoms with Gasteiger partial charge in [-0.15, -0.1) is 0 Å². The fourth-order valence-electron chi connectivity index (χ4n) is 3.15. The van der Waals surface area contributed by atoms with E-state index in [4.69, 9.17) is 4.74 Å². The molecule has 3 aliphatic heterocycles. The van der Waals surface area contributed by atoms with Gasteiger partial charge in [-0.25, -0.2) is 14.5 Å². The molecule has 0 radical (unpaired) electrons. The number of ether oxygens (including phenoxy) is 1. The lowest BCUT2D eigenvalue weighted by molar-refractivity contribution is -0.116. The van der Waals surface area contributed by atoms with E-state index < -0.39 is 18.0 Å². The Balaban J connectivity index is 1.88. The molecular formula is C15H11N3O5. The van der Waals surface area contributed by atoms with Crippen molar-refractivity contribution in [2.75, 3.05) is 7.11 Å². The van der Waals surface area contributed by atoms with E-state index in [1.165, 1.54) is 12.0 Å². The summed E-state index contributed by atoms with van der Waals surface area (Å²) in [6.45, 7) is 0. The van der Waals surface area contributed by atoms with Gasteiger partial charge in [0.2, 0.25) is 0 Å². The normalized spacial score (nSPS) is 18.8. The lowest BCUT2D eigenvalue weighted by atomic mass is 10.1. The van der Waals surface area contributed by atoms with E-state index in [0.717, 1.165) is 4.90 Å². The molecule has 0 spiro atoms. The van der Waals surface area contributed by atoms with Gasteiger partial charge in [0.15, 0.2) is 0 Å². The van der Waals surface area contributed by atoms with E-state index in [-0.39, 0.29) is 12.1 Å². The first-order valence-corrected chi connectivity index (χ1v) is 6.82. The van der Waals surface area contributed by atoms with E-state index in [1.54, 1.807) is 24.3 Å². The highest BCUT2D eigenvalue weighted by Crippen LogP contribution is 2.49. The van der Waals surface area contributed by atoms with E-state index in [2.05, 4.69) is 5.32 Å². The monoisotopic (exact) mass is 313 g/mol.